The Morgan fingerprint density at radius 1 is 1.10 bits per heavy atom. The summed E-state index contributed by atoms with van der Waals surface area (Å²) in [6.07, 6.45) is 3.35. The molecule has 3 rings (SSSR count). The fourth-order valence-corrected chi connectivity index (χ4v) is 2.57. The van der Waals surface area contributed by atoms with E-state index >= 15 is 0 Å². The highest BCUT2D eigenvalue weighted by Crippen LogP contribution is 2.21. The van der Waals surface area contributed by atoms with Gasteiger partial charge < -0.3 is 5.11 Å². The molecule has 0 spiro atoms. The lowest BCUT2D eigenvalue weighted by molar-refractivity contribution is 0.174. The zero-order chi connectivity index (χ0) is 13.9. The summed E-state index contributed by atoms with van der Waals surface area (Å²) in [6, 6.07) is 13.7. The van der Waals surface area contributed by atoms with E-state index in [9.17, 15) is 5.11 Å². The minimum atomic E-state index is -0.629. The van der Waals surface area contributed by atoms with Gasteiger partial charge >= 0.3 is 0 Å². The smallest absolute Gasteiger partial charge is 0.100 e. The van der Waals surface area contributed by atoms with Crippen LogP contribution in [-0.2, 0) is 6.42 Å². The second-order valence-electron chi connectivity index (χ2n) is 4.66. The van der Waals surface area contributed by atoms with Crippen molar-refractivity contribution in [2.75, 3.05) is 0 Å². The largest absolute Gasteiger partial charge is 0.386 e. The van der Waals surface area contributed by atoms with Gasteiger partial charge in [0.25, 0.3) is 0 Å². The van der Waals surface area contributed by atoms with E-state index in [-0.39, 0.29) is 0 Å². The average Bonchev–Trinajstić information content (AvgIpc) is 2.47. The van der Waals surface area contributed by atoms with E-state index in [1.807, 2.05) is 42.5 Å². The molecule has 3 nitrogen and oxygen atoms in total. The number of pyridine rings is 2. The minimum Gasteiger partial charge on any atom is -0.386 e. The van der Waals surface area contributed by atoms with Crippen molar-refractivity contribution in [1.82, 2.24) is 9.97 Å². The third-order valence-corrected chi connectivity index (χ3v) is 3.59. The Morgan fingerprint density at radius 3 is 2.80 bits per heavy atom. The van der Waals surface area contributed by atoms with Crippen LogP contribution in [0.25, 0.3) is 10.9 Å². The molecule has 0 aliphatic carbocycles. The summed E-state index contributed by atoms with van der Waals surface area (Å²) >= 11 is 3.38. The van der Waals surface area contributed by atoms with E-state index in [1.54, 1.807) is 12.4 Å². The molecular weight excluding hydrogens is 316 g/mol. The van der Waals surface area contributed by atoms with Gasteiger partial charge in [-0.15, -0.1) is 0 Å². The van der Waals surface area contributed by atoms with Crippen molar-refractivity contribution in [3.63, 3.8) is 0 Å². The Labute approximate surface area is 125 Å². The standard InChI is InChI=1S/C16H13BrN2O/c17-13-7-11(9-18-10-13)8-16(20)15-6-5-12-3-1-2-4-14(12)19-15/h1-7,9-10,16,20H,8H2. The molecule has 0 saturated heterocycles. The highest BCUT2D eigenvalue weighted by molar-refractivity contribution is 9.10. The molecule has 0 fully saturated rings. The van der Waals surface area contributed by atoms with Crippen LogP contribution in [0.5, 0.6) is 0 Å². The summed E-state index contributed by atoms with van der Waals surface area (Å²) in [4.78, 5) is 8.61. The van der Waals surface area contributed by atoms with E-state index < -0.39 is 6.10 Å². The molecule has 3 aromatic rings. The van der Waals surface area contributed by atoms with E-state index in [0.717, 1.165) is 20.9 Å². The molecular formula is C16H13BrN2O. The Kier molecular flexibility index (Phi) is 3.76. The summed E-state index contributed by atoms with van der Waals surface area (Å²) in [6.45, 7) is 0. The predicted molar refractivity (Wildman–Crippen MR) is 82.3 cm³/mol. The number of para-hydroxylation sites is 1. The number of aliphatic hydroxyl groups is 1. The Morgan fingerprint density at radius 2 is 1.95 bits per heavy atom. The number of hydrogen-bond donors (Lipinski definition) is 1. The predicted octanol–water partition coefficient (Wildman–Crippen LogP) is 3.67. The number of halogens is 1. The number of rotatable bonds is 3. The van der Waals surface area contributed by atoms with Crippen LogP contribution >= 0.6 is 15.9 Å². The van der Waals surface area contributed by atoms with Crippen LogP contribution in [0.2, 0.25) is 0 Å². The van der Waals surface area contributed by atoms with Crippen molar-refractivity contribution < 1.29 is 5.11 Å². The highest BCUT2D eigenvalue weighted by Gasteiger charge is 2.11. The van der Waals surface area contributed by atoms with Gasteiger partial charge in [0.05, 0.1) is 11.2 Å². The molecule has 2 heterocycles. The van der Waals surface area contributed by atoms with Crippen LogP contribution in [0, 0.1) is 0 Å². The van der Waals surface area contributed by atoms with E-state index in [4.69, 9.17) is 0 Å². The number of hydrogen-bond acceptors (Lipinski definition) is 3. The SMILES string of the molecule is OC(Cc1cncc(Br)c1)c1ccc2ccccc2n1. The van der Waals surface area contributed by atoms with Gasteiger partial charge in [0.1, 0.15) is 6.10 Å². The Hall–Kier alpha value is -1.78. The molecule has 0 saturated carbocycles. The summed E-state index contributed by atoms with van der Waals surface area (Å²) in [5.41, 5.74) is 2.56. The molecule has 2 aromatic heterocycles. The van der Waals surface area contributed by atoms with Crippen LogP contribution in [0.1, 0.15) is 17.4 Å². The molecule has 0 bridgehead atoms. The second kappa shape index (κ2) is 5.69. The van der Waals surface area contributed by atoms with Crippen LogP contribution in [-0.4, -0.2) is 15.1 Å². The maximum absolute atomic E-state index is 10.3. The molecule has 1 unspecified atom stereocenters. The molecule has 0 radical (unpaired) electrons. The molecule has 100 valence electrons. The summed E-state index contributed by atoms with van der Waals surface area (Å²) < 4.78 is 0.911. The van der Waals surface area contributed by atoms with Crippen LogP contribution in [0.4, 0.5) is 0 Å². The van der Waals surface area contributed by atoms with Gasteiger partial charge in [0.15, 0.2) is 0 Å². The molecule has 1 atom stereocenters. The van der Waals surface area contributed by atoms with E-state index in [0.29, 0.717) is 12.1 Å². The van der Waals surface area contributed by atoms with Crippen LogP contribution in [0.15, 0.2) is 59.3 Å². The van der Waals surface area contributed by atoms with Crippen molar-refractivity contribution >= 4 is 26.8 Å². The van der Waals surface area contributed by atoms with Gasteiger partial charge in [-0.3, -0.25) is 9.97 Å². The molecule has 0 amide bonds. The number of nitrogens with zero attached hydrogens (tertiary/aromatic N) is 2. The lowest BCUT2D eigenvalue weighted by atomic mass is 10.1. The number of aliphatic hydroxyl groups excluding tert-OH is 1. The number of aromatic nitrogens is 2. The van der Waals surface area contributed by atoms with Gasteiger partial charge in [0.2, 0.25) is 0 Å². The topological polar surface area (TPSA) is 46.0 Å². The zero-order valence-electron chi connectivity index (χ0n) is 10.7. The molecule has 0 aliphatic rings. The third-order valence-electron chi connectivity index (χ3n) is 3.15. The minimum absolute atomic E-state index is 0.498. The van der Waals surface area contributed by atoms with Gasteiger partial charge in [0, 0.05) is 28.7 Å². The third kappa shape index (κ3) is 2.86. The van der Waals surface area contributed by atoms with Crippen molar-refractivity contribution in [1.29, 1.82) is 0 Å². The molecule has 1 N–H and O–H groups in total. The van der Waals surface area contributed by atoms with Gasteiger partial charge in [-0.2, -0.15) is 0 Å². The molecule has 4 heteroatoms. The molecule has 1 aromatic carbocycles. The monoisotopic (exact) mass is 328 g/mol. The quantitative estimate of drug-likeness (QED) is 0.797. The first-order valence-corrected chi connectivity index (χ1v) is 7.15. The van der Waals surface area contributed by atoms with Crippen molar-refractivity contribution in [2.24, 2.45) is 0 Å². The van der Waals surface area contributed by atoms with Gasteiger partial charge in [-0.25, -0.2) is 0 Å². The van der Waals surface area contributed by atoms with Gasteiger partial charge in [-0.05, 0) is 39.7 Å². The van der Waals surface area contributed by atoms with Crippen molar-refractivity contribution in [2.45, 2.75) is 12.5 Å². The first-order chi connectivity index (χ1) is 9.72. The Bertz CT molecular complexity index is 745. The maximum Gasteiger partial charge on any atom is 0.100 e. The lowest BCUT2D eigenvalue weighted by Crippen LogP contribution is -2.04. The first kappa shape index (κ1) is 13.2. The second-order valence-corrected chi connectivity index (χ2v) is 5.58. The van der Waals surface area contributed by atoms with Crippen molar-refractivity contribution in [3.8, 4) is 0 Å². The zero-order valence-corrected chi connectivity index (χ0v) is 12.3. The summed E-state index contributed by atoms with van der Waals surface area (Å²) in [5, 5.41) is 11.4. The first-order valence-electron chi connectivity index (χ1n) is 6.35. The number of benzene rings is 1. The molecule has 0 aliphatic heterocycles. The fourth-order valence-electron chi connectivity index (χ4n) is 2.16. The molecule has 20 heavy (non-hydrogen) atoms. The fraction of sp³-hybridized carbons (Fsp3) is 0.125. The van der Waals surface area contributed by atoms with Gasteiger partial charge in [-0.1, -0.05) is 24.3 Å². The van der Waals surface area contributed by atoms with Crippen LogP contribution < -0.4 is 0 Å². The average molecular weight is 329 g/mol. The van der Waals surface area contributed by atoms with Crippen LogP contribution in [0.3, 0.4) is 0 Å². The highest BCUT2D eigenvalue weighted by atomic mass is 79.9. The van der Waals surface area contributed by atoms with E-state index in [1.165, 1.54) is 0 Å². The van der Waals surface area contributed by atoms with Crippen molar-refractivity contribution in [3.05, 3.63) is 70.6 Å². The lowest BCUT2D eigenvalue weighted by Gasteiger charge is -2.11. The Balaban J connectivity index is 1.86. The summed E-state index contributed by atoms with van der Waals surface area (Å²) in [7, 11) is 0. The number of fused-ring (bicyclic) bond motifs is 1. The van der Waals surface area contributed by atoms with E-state index in [2.05, 4.69) is 25.9 Å². The maximum atomic E-state index is 10.3. The summed E-state index contributed by atoms with van der Waals surface area (Å²) in [5.74, 6) is 0. The normalized spacial score (nSPS) is 12.5.